The number of rotatable bonds is 7. The average Bonchev–Trinajstić information content (AvgIpc) is 3.04. The number of benzene rings is 1. The van der Waals surface area contributed by atoms with Crippen molar-refractivity contribution in [2.24, 2.45) is 0 Å². The van der Waals surface area contributed by atoms with Crippen molar-refractivity contribution in [2.75, 3.05) is 33.9 Å². The molecule has 1 aromatic carbocycles. The highest BCUT2D eigenvalue weighted by molar-refractivity contribution is 6.42. The number of hydrogen-bond acceptors (Lipinski definition) is 5. The lowest BCUT2D eigenvalue weighted by molar-refractivity contribution is -0.139. The van der Waals surface area contributed by atoms with Crippen molar-refractivity contribution in [1.29, 1.82) is 0 Å². The van der Waals surface area contributed by atoms with Gasteiger partial charge < -0.3 is 24.8 Å². The molecule has 1 amide bonds. The summed E-state index contributed by atoms with van der Waals surface area (Å²) in [6.45, 7) is 0.901. The maximum atomic E-state index is 11.6. The second-order valence-corrected chi connectivity index (χ2v) is 6.83. The highest BCUT2D eigenvalue weighted by atomic mass is 35.5. The SMILES string of the molecule is COC(=O)CNCC[C@@H]1C[C@H](c2c(OC)ccc(Cl)c2Cl)CN1C(=O)O. The molecule has 2 atom stereocenters. The third-order valence-electron chi connectivity index (χ3n) is 4.53. The monoisotopic (exact) mass is 404 g/mol. The molecule has 2 rings (SSSR count). The van der Waals surface area contributed by atoms with Gasteiger partial charge in [-0.1, -0.05) is 23.2 Å². The first-order chi connectivity index (χ1) is 12.4. The van der Waals surface area contributed by atoms with Crippen molar-refractivity contribution in [2.45, 2.75) is 24.8 Å². The summed E-state index contributed by atoms with van der Waals surface area (Å²) in [6, 6.07) is 3.20. The van der Waals surface area contributed by atoms with Crippen LogP contribution in [0, 0.1) is 0 Å². The number of carbonyl (C=O) groups excluding carboxylic acids is 1. The Balaban J connectivity index is 2.10. The van der Waals surface area contributed by atoms with Gasteiger partial charge in [0.1, 0.15) is 5.75 Å². The number of ether oxygens (including phenoxy) is 2. The summed E-state index contributed by atoms with van der Waals surface area (Å²) in [5, 5.41) is 13.3. The Bertz CT molecular complexity index is 671. The molecule has 1 aromatic rings. The smallest absolute Gasteiger partial charge is 0.407 e. The number of hydrogen-bond donors (Lipinski definition) is 2. The fraction of sp³-hybridized carbons (Fsp3) is 0.529. The molecule has 1 heterocycles. The second-order valence-electron chi connectivity index (χ2n) is 6.04. The second kappa shape index (κ2) is 9.30. The van der Waals surface area contributed by atoms with Gasteiger partial charge in [0.05, 0.1) is 30.8 Å². The minimum absolute atomic E-state index is 0.0909. The van der Waals surface area contributed by atoms with Gasteiger partial charge in [0.25, 0.3) is 0 Å². The normalized spacial score (nSPS) is 19.5. The predicted octanol–water partition coefficient (Wildman–Crippen LogP) is 2.99. The van der Waals surface area contributed by atoms with Gasteiger partial charge in [0.2, 0.25) is 0 Å². The number of amides is 1. The highest BCUT2D eigenvalue weighted by Crippen LogP contribution is 2.43. The van der Waals surface area contributed by atoms with E-state index in [0.29, 0.717) is 41.7 Å². The molecule has 26 heavy (non-hydrogen) atoms. The first-order valence-electron chi connectivity index (χ1n) is 8.18. The van der Waals surface area contributed by atoms with Gasteiger partial charge in [0, 0.05) is 24.1 Å². The number of likely N-dealkylation sites (tertiary alicyclic amines) is 1. The Morgan fingerprint density at radius 2 is 2.08 bits per heavy atom. The van der Waals surface area contributed by atoms with E-state index < -0.39 is 6.09 Å². The Kier molecular flexibility index (Phi) is 7.37. The number of nitrogens with zero attached hydrogens (tertiary/aromatic N) is 1. The van der Waals surface area contributed by atoms with E-state index >= 15 is 0 Å². The van der Waals surface area contributed by atoms with E-state index in [2.05, 4.69) is 10.1 Å². The molecule has 0 aromatic heterocycles. The minimum Gasteiger partial charge on any atom is -0.496 e. The van der Waals surface area contributed by atoms with Crippen LogP contribution in [-0.4, -0.2) is 62.0 Å². The number of esters is 1. The molecule has 1 fully saturated rings. The molecule has 1 aliphatic heterocycles. The zero-order valence-electron chi connectivity index (χ0n) is 14.6. The Labute approximate surface area is 162 Å². The van der Waals surface area contributed by atoms with Gasteiger partial charge in [-0.05, 0) is 31.5 Å². The lowest BCUT2D eigenvalue weighted by atomic mass is 9.94. The van der Waals surface area contributed by atoms with Crippen LogP contribution >= 0.6 is 23.2 Å². The maximum absolute atomic E-state index is 11.6. The molecule has 0 unspecified atom stereocenters. The third kappa shape index (κ3) is 4.72. The molecule has 7 nitrogen and oxygen atoms in total. The molecule has 0 aliphatic carbocycles. The van der Waals surface area contributed by atoms with Gasteiger partial charge in [0.15, 0.2) is 0 Å². The summed E-state index contributed by atoms with van der Waals surface area (Å²) in [4.78, 5) is 24.2. The quantitative estimate of drug-likeness (QED) is 0.536. The molecule has 0 radical (unpaired) electrons. The number of nitrogens with one attached hydrogen (secondary N) is 1. The van der Waals surface area contributed by atoms with E-state index in [0.717, 1.165) is 5.56 Å². The van der Waals surface area contributed by atoms with Gasteiger partial charge in [-0.15, -0.1) is 0 Å². The van der Waals surface area contributed by atoms with Crippen molar-refractivity contribution in [3.8, 4) is 5.75 Å². The molecular formula is C17H22Cl2N2O5. The van der Waals surface area contributed by atoms with Gasteiger partial charge in [-0.25, -0.2) is 4.79 Å². The largest absolute Gasteiger partial charge is 0.496 e. The Hall–Kier alpha value is -1.70. The maximum Gasteiger partial charge on any atom is 0.407 e. The summed E-state index contributed by atoms with van der Waals surface area (Å²) in [6.07, 6.45) is 0.186. The highest BCUT2D eigenvalue weighted by Gasteiger charge is 2.38. The van der Waals surface area contributed by atoms with Crippen LogP contribution in [0.25, 0.3) is 0 Å². The average molecular weight is 405 g/mol. The van der Waals surface area contributed by atoms with Crippen molar-refractivity contribution >= 4 is 35.3 Å². The van der Waals surface area contributed by atoms with E-state index in [1.165, 1.54) is 12.0 Å². The summed E-state index contributed by atoms with van der Waals surface area (Å²) in [5.74, 6) is 0.122. The van der Waals surface area contributed by atoms with Crippen LogP contribution in [0.1, 0.15) is 24.3 Å². The Morgan fingerprint density at radius 3 is 2.69 bits per heavy atom. The van der Waals surface area contributed by atoms with Crippen molar-refractivity contribution < 1.29 is 24.2 Å². The molecule has 144 valence electrons. The van der Waals surface area contributed by atoms with Crippen LogP contribution in [0.4, 0.5) is 4.79 Å². The van der Waals surface area contributed by atoms with E-state index in [9.17, 15) is 14.7 Å². The lowest BCUT2D eigenvalue weighted by Gasteiger charge is -2.21. The summed E-state index contributed by atoms with van der Waals surface area (Å²) < 4.78 is 9.95. The molecule has 2 N–H and O–H groups in total. The zero-order chi connectivity index (χ0) is 19.3. The molecule has 1 saturated heterocycles. The minimum atomic E-state index is -0.984. The number of carbonyl (C=O) groups is 2. The fourth-order valence-corrected chi connectivity index (χ4v) is 3.75. The number of methoxy groups -OCH3 is 2. The van der Waals surface area contributed by atoms with E-state index in [1.807, 2.05) is 0 Å². The predicted molar refractivity (Wildman–Crippen MR) is 98.4 cm³/mol. The zero-order valence-corrected chi connectivity index (χ0v) is 16.1. The van der Waals surface area contributed by atoms with Gasteiger partial charge in [-0.2, -0.15) is 0 Å². The third-order valence-corrected chi connectivity index (χ3v) is 5.35. The topological polar surface area (TPSA) is 88.1 Å². The number of halogens is 2. The van der Waals surface area contributed by atoms with Crippen LogP contribution in [0.15, 0.2) is 12.1 Å². The molecular weight excluding hydrogens is 383 g/mol. The van der Waals surface area contributed by atoms with E-state index in [1.54, 1.807) is 19.2 Å². The lowest BCUT2D eigenvalue weighted by Crippen LogP contribution is -2.37. The fourth-order valence-electron chi connectivity index (χ4n) is 3.27. The van der Waals surface area contributed by atoms with E-state index in [-0.39, 0.29) is 24.5 Å². The van der Waals surface area contributed by atoms with Crippen LogP contribution in [0.5, 0.6) is 5.75 Å². The van der Waals surface area contributed by atoms with E-state index in [4.69, 9.17) is 27.9 Å². The van der Waals surface area contributed by atoms with Crippen LogP contribution < -0.4 is 10.1 Å². The molecule has 0 saturated carbocycles. The standard InChI is InChI=1S/C17H22Cl2N2O5/c1-25-13-4-3-12(18)16(19)15(13)10-7-11(21(9-10)17(23)24)5-6-20-8-14(22)26-2/h3-4,10-11,20H,5-9H2,1-2H3,(H,23,24)/t10-,11+/m0/s1. The van der Waals surface area contributed by atoms with Crippen molar-refractivity contribution in [3.63, 3.8) is 0 Å². The summed E-state index contributed by atoms with van der Waals surface area (Å²) in [5.41, 5.74) is 0.734. The molecule has 0 spiro atoms. The summed E-state index contributed by atoms with van der Waals surface area (Å²) in [7, 11) is 2.86. The first-order valence-corrected chi connectivity index (χ1v) is 8.93. The van der Waals surface area contributed by atoms with Crippen LogP contribution in [0.3, 0.4) is 0 Å². The van der Waals surface area contributed by atoms with Gasteiger partial charge >= 0.3 is 12.1 Å². The molecule has 9 heteroatoms. The Morgan fingerprint density at radius 1 is 1.35 bits per heavy atom. The molecule has 0 bridgehead atoms. The molecule has 1 aliphatic rings. The summed E-state index contributed by atoms with van der Waals surface area (Å²) >= 11 is 12.5. The van der Waals surface area contributed by atoms with Gasteiger partial charge in [-0.3, -0.25) is 4.79 Å². The van der Waals surface area contributed by atoms with Crippen molar-refractivity contribution in [3.05, 3.63) is 27.7 Å². The van der Waals surface area contributed by atoms with Crippen LogP contribution in [-0.2, 0) is 9.53 Å². The van der Waals surface area contributed by atoms with Crippen LogP contribution in [0.2, 0.25) is 10.0 Å². The van der Waals surface area contributed by atoms with Crippen molar-refractivity contribution in [1.82, 2.24) is 10.2 Å². The number of carboxylic acid groups (broad SMARTS) is 1. The first kappa shape index (κ1) is 20.6.